The maximum absolute atomic E-state index is 12.1. The molecular formula is C24H21BrClN3O4S2. The third-order valence-corrected chi connectivity index (χ3v) is 10.2. The van der Waals surface area contributed by atoms with Crippen molar-refractivity contribution in [2.24, 2.45) is 11.1 Å². The molecule has 0 bridgehead atoms. The van der Waals surface area contributed by atoms with Gasteiger partial charge in [-0.05, 0) is 59.9 Å². The van der Waals surface area contributed by atoms with Crippen LogP contribution in [0.3, 0.4) is 0 Å². The Morgan fingerprint density at radius 2 is 1.83 bits per heavy atom. The van der Waals surface area contributed by atoms with E-state index in [1.807, 2.05) is 24.3 Å². The van der Waals surface area contributed by atoms with Crippen LogP contribution in [0.2, 0.25) is 0 Å². The molecular weight excluding hydrogens is 574 g/mol. The second-order valence-corrected chi connectivity index (χ2v) is 13.0. The summed E-state index contributed by atoms with van der Waals surface area (Å²) in [6.07, 6.45) is 0.697. The summed E-state index contributed by atoms with van der Waals surface area (Å²) in [6.45, 7) is 0. The highest BCUT2D eigenvalue weighted by Crippen LogP contribution is 2.58. The van der Waals surface area contributed by atoms with Crippen molar-refractivity contribution in [3.05, 3.63) is 92.4 Å². The van der Waals surface area contributed by atoms with Crippen LogP contribution < -0.4 is 10.5 Å². The number of sulfonamides is 1. The fourth-order valence-corrected chi connectivity index (χ4v) is 7.90. The van der Waals surface area contributed by atoms with E-state index in [-0.39, 0.29) is 44.0 Å². The van der Waals surface area contributed by atoms with Crippen LogP contribution in [0.15, 0.2) is 81.0 Å². The summed E-state index contributed by atoms with van der Waals surface area (Å²) >= 11 is 12.0. The lowest BCUT2D eigenvalue weighted by Gasteiger charge is -2.38. The Morgan fingerprint density at radius 1 is 1.11 bits per heavy atom. The Bertz CT molecular complexity index is 1400. The molecule has 0 radical (unpaired) electrons. The number of nitro groups is 1. The highest BCUT2D eigenvalue weighted by atomic mass is 79.9. The SMILES string of the molecule is NS(=O)(=O)c1ccc2c(c1)[C@@H]1[C@H](Cl)[C@H](Sc3ccccc3[N+](=O)[O-])C[C@H]1[C@@H](c1ccc(Br)cc1)N2. The molecule has 1 fully saturated rings. The molecule has 0 saturated heterocycles. The molecule has 5 rings (SSSR count). The summed E-state index contributed by atoms with van der Waals surface area (Å²) in [6, 6.07) is 19.5. The van der Waals surface area contributed by atoms with Gasteiger partial charge in [-0.15, -0.1) is 23.4 Å². The maximum Gasteiger partial charge on any atom is 0.282 e. The molecule has 3 aromatic rings. The van der Waals surface area contributed by atoms with Crippen molar-refractivity contribution in [1.29, 1.82) is 0 Å². The number of benzene rings is 3. The fourth-order valence-electron chi connectivity index (χ4n) is 5.14. The van der Waals surface area contributed by atoms with E-state index in [0.717, 1.165) is 21.3 Å². The van der Waals surface area contributed by atoms with Gasteiger partial charge in [-0.3, -0.25) is 10.1 Å². The number of nitrogens with zero attached hydrogens (tertiary/aromatic N) is 1. The lowest BCUT2D eigenvalue weighted by atomic mass is 9.77. The molecule has 0 unspecified atom stereocenters. The van der Waals surface area contributed by atoms with Gasteiger partial charge in [0.25, 0.3) is 5.69 Å². The van der Waals surface area contributed by atoms with Gasteiger partial charge in [0.2, 0.25) is 10.0 Å². The molecule has 1 aliphatic carbocycles. The van der Waals surface area contributed by atoms with Gasteiger partial charge in [-0.2, -0.15) is 0 Å². The van der Waals surface area contributed by atoms with Crippen molar-refractivity contribution in [2.75, 3.05) is 5.32 Å². The summed E-state index contributed by atoms with van der Waals surface area (Å²) in [5, 5.41) is 20.1. The van der Waals surface area contributed by atoms with Gasteiger partial charge < -0.3 is 5.32 Å². The fraction of sp³-hybridized carbons (Fsp3) is 0.250. The second-order valence-electron chi connectivity index (χ2n) is 8.72. The summed E-state index contributed by atoms with van der Waals surface area (Å²) in [4.78, 5) is 11.8. The van der Waals surface area contributed by atoms with Crippen LogP contribution in [0.25, 0.3) is 0 Å². The number of hydrogen-bond donors (Lipinski definition) is 2. The van der Waals surface area contributed by atoms with Gasteiger partial charge in [-0.1, -0.05) is 40.2 Å². The molecule has 5 atom stereocenters. The first-order valence-corrected chi connectivity index (χ1v) is 14.5. The van der Waals surface area contributed by atoms with Gasteiger partial charge in [-0.25, -0.2) is 13.6 Å². The molecule has 0 amide bonds. The lowest BCUT2D eigenvalue weighted by Crippen LogP contribution is -2.31. The highest BCUT2D eigenvalue weighted by Gasteiger charge is 2.50. The molecule has 1 aliphatic heterocycles. The molecule has 182 valence electrons. The van der Waals surface area contributed by atoms with Crippen LogP contribution in [0.5, 0.6) is 0 Å². The quantitative estimate of drug-likeness (QED) is 0.211. The van der Waals surface area contributed by atoms with E-state index in [1.54, 1.807) is 30.3 Å². The first-order valence-electron chi connectivity index (χ1n) is 10.9. The summed E-state index contributed by atoms with van der Waals surface area (Å²) in [5.41, 5.74) is 2.76. The van der Waals surface area contributed by atoms with Crippen LogP contribution in [0, 0.1) is 16.0 Å². The van der Waals surface area contributed by atoms with Gasteiger partial charge in [0.05, 0.1) is 26.1 Å². The minimum Gasteiger partial charge on any atom is -0.378 e. The molecule has 11 heteroatoms. The first kappa shape index (κ1) is 24.6. The number of thioether (sulfide) groups is 1. The number of alkyl halides is 1. The predicted octanol–water partition coefficient (Wildman–Crippen LogP) is 6.04. The third kappa shape index (κ3) is 4.70. The Morgan fingerprint density at radius 3 is 2.51 bits per heavy atom. The van der Waals surface area contributed by atoms with E-state index in [1.165, 1.54) is 23.9 Å². The van der Waals surface area contributed by atoms with Crippen LogP contribution in [-0.4, -0.2) is 24.0 Å². The largest absolute Gasteiger partial charge is 0.378 e. The van der Waals surface area contributed by atoms with E-state index in [2.05, 4.69) is 21.2 Å². The molecule has 0 spiro atoms. The molecule has 35 heavy (non-hydrogen) atoms. The normalized spacial score (nSPS) is 25.4. The molecule has 1 heterocycles. The number of para-hydroxylation sites is 1. The smallest absolute Gasteiger partial charge is 0.282 e. The molecule has 1 saturated carbocycles. The number of halogens is 2. The molecule has 2 aliphatic rings. The second kappa shape index (κ2) is 9.40. The van der Waals surface area contributed by atoms with Crippen molar-refractivity contribution >= 4 is 60.7 Å². The number of rotatable bonds is 5. The Labute approximate surface area is 220 Å². The Hall–Kier alpha value is -2.11. The number of nitrogens with one attached hydrogen (secondary N) is 1. The zero-order valence-corrected chi connectivity index (χ0v) is 22.1. The van der Waals surface area contributed by atoms with E-state index in [9.17, 15) is 18.5 Å². The number of nitro benzene ring substituents is 1. The lowest BCUT2D eigenvalue weighted by molar-refractivity contribution is -0.387. The summed E-state index contributed by atoms with van der Waals surface area (Å²) in [7, 11) is -3.89. The zero-order chi connectivity index (χ0) is 24.9. The topological polar surface area (TPSA) is 115 Å². The summed E-state index contributed by atoms with van der Waals surface area (Å²) in [5.74, 6) is -0.120. The van der Waals surface area contributed by atoms with Crippen LogP contribution in [0.1, 0.15) is 29.5 Å². The monoisotopic (exact) mass is 593 g/mol. The van der Waals surface area contributed by atoms with Crippen molar-refractivity contribution < 1.29 is 13.3 Å². The van der Waals surface area contributed by atoms with Crippen molar-refractivity contribution in [3.63, 3.8) is 0 Å². The minimum absolute atomic E-state index is 0.0394. The zero-order valence-electron chi connectivity index (χ0n) is 18.2. The van der Waals surface area contributed by atoms with E-state index in [4.69, 9.17) is 16.7 Å². The molecule has 0 aromatic heterocycles. The standard InChI is InChI=1S/C24H21BrClN3O4S2/c25-14-7-5-13(6-8-14)24-17-12-21(34-20-4-2-1-3-19(20)29(30)31)23(26)22(17)16-11-15(35(27,32)33)9-10-18(16)28-24/h1-11,17,21-24,28H,12H2,(H2,27,32,33)/t17-,21-,22+,23-,24-/m1/s1. The number of nitrogens with two attached hydrogens (primary N) is 1. The van der Waals surface area contributed by atoms with Crippen LogP contribution in [-0.2, 0) is 10.0 Å². The van der Waals surface area contributed by atoms with Gasteiger partial charge in [0.1, 0.15) is 0 Å². The average molecular weight is 595 g/mol. The number of anilines is 1. The maximum atomic E-state index is 12.1. The minimum atomic E-state index is -3.89. The average Bonchev–Trinajstić information content (AvgIpc) is 3.14. The van der Waals surface area contributed by atoms with Crippen molar-refractivity contribution in [2.45, 2.75) is 38.8 Å². The van der Waals surface area contributed by atoms with Crippen LogP contribution >= 0.6 is 39.3 Å². The third-order valence-electron chi connectivity index (χ3n) is 6.68. The highest BCUT2D eigenvalue weighted by molar-refractivity contribution is 9.10. The summed E-state index contributed by atoms with van der Waals surface area (Å²) < 4.78 is 25.1. The van der Waals surface area contributed by atoms with Crippen LogP contribution in [0.4, 0.5) is 11.4 Å². The predicted molar refractivity (Wildman–Crippen MR) is 142 cm³/mol. The van der Waals surface area contributed by atoms with Gasteiger partial charge >= 0.3 is 0 Å². The number of fused-ring (bicyclic) bond motifs is 3. The molecule has 3 N–H and O–H groups in total. The van der Waals surface area contributed by atoms with E-state index < -0.39 is 10.0 Å². The van der Waals surface area contributed by atoms with E-state index >= 15 is 0 Å². The first-order chi connectivity index (χ1) is 16.6. The Balaban J connectivity index is 1.57. The molecule has 3 aromatic carbocycles. The van der Waals surface area contributed by atoms with Gasteiger partial charge in [0, 0.05) is 27.4 Å². The van der Waals surface area contributed by atoms with E-state index in [0.29, 0.717) is 11.3 Å². The number of hydrogen-bond acceptors (Lipinski definition) is 6. The Kier molecular flexibility index (Phi) is 6.60. The number of primary sulfonamides is 1. The van der Waals surface area contributed by atoms with Gasteiger partial charge in [0.15, 0.2) is 0 Å². The van der Waals surface area contributed by atoms with Crippen molar-refractivity contribution in [3.8, 4) is 0 Å². The van der Waals surface area contributed by atoms with Crippen molar-refractivity contribution in [1.82, 2.24) is 0 Å². The molecule has 7 nitrogen and oxygen atoms in total.